The topological polar surface area (TPSA) is 56.5 Å². The molecule has 2 fully saturated rings. The molecule has 3 unspecified atom stereocenters. The molecule has 0 bridgehead atoms. The summed E-state index contributed by atoms with van der Waals surface area (Å²) in [7, 11) is 0. The van der Waals surface area contributed by atoms with Gasteiger partial charge in [0.05, 0.1) is 18.2 Å². The highest BCUT2D eigenvalue weighted by atomic mass is 16.5. The lowest BCUT2D eigenvalue weighted by molar-refractivity contribution is -0.101. The first-order valence-electron chi connectivity index (χ1n) is 5.94. The van der Waals surface area contributed by atoms with Crippen molar-refractivity contribution in [3.8, 4) is 0 Å². The minimum atomic E-state index is -0.106. The maximum atomic E-state index is 5.93. The summed E-state index contributed by atoms with van der Waals surface area (Å²) in [4.78, 5) is 0. The van der Waals surface area contributed by atoms with E-state index in [9.17, 15) is 0 Å². The van der Waals surface area contributed by atoms with Gasteiger partial charge in [-0.1, -0.05) is 0 Å². The fraction of sp³-hybridized carbons (Fsp3) is 1.00. The van der Waals surface area contributed by atoms with Gasteiger partial charge in [0, 0.05) is 19.1 Å². The van der Waals surface area contributed by atoms with E-state index in [0.29, 0.717) is 5.92 Å². The van der Waals surface area contributed by atoms with Crippen molar-refractivity contribution >= 4 is 0 Å². The zero-order chi connectivity index (χ0) is 10.7. The van der Waals surface area contributed by atoms with Crippen molar-refractivity contribution in [2.75, 3.05) is 19.8 Å². The highest BCUT2D eigenvalue weighted by Gasteiger charge is 2.41. The number of ether oxygens (including phenoxy) is 2. The van der Waals surface area contributed by atoms with Gasteiger partial charge in [-0.05, 0) is 32.6 Å². The number of rotatable bonds is 3. The van der Waals surface area contributed by atoms with Crippen LogP contribution in [0.1, 0.15) is 32.6 Å². The lowest BCUT2D eigenvalue weighted by Gasteiger charge is -2.42. The highest BCUT2D eigenvalue weighted by molar-refractivity contribution is 4.95. The molecule has 0 aliphatic carbocycles. The van der Waals surface area contributed by atoms with Gasteiger partial charge < -0.3 is 9.47 Å². The van der Waals surface area contributed by atoms with Gasteiger partial charge >= 0.3 is 0 Å². The zero-order valence-corrected chi connectivity index (χ0v) is 9.50. The average molecular weight is 214 g/mol. The van der Waals surface area contributed by atoms with E-state index in [1.165, 1.54) is 12.8 Å². The summed E-state index contributed by atoms with van der Waals surface area (Å²) in [5, 5.41) is 0. The number of nitrogens with one attached hydrogen (secondary N) is 1. The first-order chi connectivity index (χ1) is 7.26. The first-order valence-corrected chi connectivity index (χ1v) is 5.94. The van der Waals surface area contributed by atoms with Crippen LogP contribution in [0.25, 0.3) is 0 Å². The molecule has 4 nitrogen and oxygen atoms in total. The molecule has 0 amide bonds. The SMILES string of the molecule is CC1(C(NN)C2CCOC2)CCCCO1. The van der Waals surface area contributed by atoms with Crippen LogP contribution in [0.3, 0.4) is 0 Å². The maximum Gasteiger partial charge on any atom is 0.0823 e. The predicted molar refractivity (Wildman–Crippen MR) is 58.2 cm³/mol. The molecule has 4 heteroatoms. The van der Waals surface area contributed by atoms with Crippen LogP contribution in [0.5, 0.6) is 0 Å². The lowest BCUT2D eigenvalue weighted by atomic mass is 9.81. The van der Waals surface area contributed by atoms with Crippen LogP contribution in [0, 0.1) is 5.92 Å². The number of hydrogen-bond donors (Lipinski definition) is 2. The molecule has 0 radical (unpaired) electrons. The van der Waals surface area contributed by atoms with Crippen LogP contribution in [-0.2, 0) is 9.47 Å². The van der Waals surface area contributed by atoms with Gasteiger partial charge in [0.25, 0.3) is 0 Å². The van der Waals surface area contributed by atoms with Gasteiger partial charge in [-0.15, -0.1) is 0 Å². The molecule has 2 heterocycles. The van der Waals surface area contributed by atoms with Gasteiger partial charge in [0.1, 0.15) is 0 Å². The number of hydrazine groups is 1. The van der Waals surface area contributed by atoms with Gasteiger partial charge in [-0.3, -0.25) is 11.3 Å². The molecule has 3 atom stereocenters. The minimum absolute atomic E-state index is 0.106. The molecule has 0 aromatic heterocycles. The second kappa shape index (κ2) is 4.78. The summed E-state index contributed by atoms with van der Waals surface area (Å²) in [5.74, 6) is 6.18. The lowest BCUT2D eigenvalue weighted by Crippen LogP contribution is -2.58. The Morgan fingerprint density at radius 2 is 2.27 bits per heavy atom. The Balaban J connectivity index is 2.02. The van der Waals surface area contributed by atoms with Crippen LogP contribution in [-0.4, -0.2) is 31.5 Å². The zero-order valence-electron chi connectivity index (χ0n) is 9.50. The number of nitrogens with two attached hydrogens (primary N) is 1. The van der Waals surface area contributed by atoms with E-state index in [1.807, 2.05) is 0 Å². The van der Waals surface area contributed by atoms with Crippen molar-refractivity contribution in [1.82, 2.24) is 5.43 Å². The van der Waals surface area contributed by atoms with Gasteiger partial charge in [-0.2, -0.15) is 0 Å². The third kappa shape index (κ3) is 2.33. The summed E-state index contributed by atoms with van der Waals surface area (Å²) in [6.45, 7) is 4.71. The quantitative estimate of drug-likeness (QED) is 0.539. The van der Waals surface area contributed by atoms with Crippen LogP contribution in [0.2, 0.25) is 0 Å². The van der Waals surface area contributed by atoms with Gasteiger partial charge in [0.15, 0.2) is 0 Å². The summed E-state index contributed by atoms with van der Waals surface area (Å²) in [6.07, 6.45) is 4.60. The number of hydrogen-bond acceptors (Lipinski definition) is 4. The Kier molecular flexibility index (Phi) is 3.61. The average Bonchev–Trinajstić information content (AvgIpc) is 2.73. The van der Waals surface area contributed by atoms with E-state index < -0.39 is 0 Å². The van der Waals surface area contributed by atoms with E-state index in [2.05, 4.69) is 12.3 Å². The molecule has 0 aromatic carbocycles. The summed E-state index contributed by atoms with van der Waals surface area (Å²) >= 11 is 0. The van der Waals surface area contributed by atoms with Crippen LogP contribution >= 0.6 is 0 Å². The van der Waals surface area contributed by atoms with E-state index >= 15 is 0 Å². The second-order valence-corrected chi connectivity index (χ2v) is 4.89. The molecular weight excluding hydrogens is 192 g/mol. The monoisotopic (exact) mass is 214 g/mol. The van der Waals surface area contributed by atoms with E-state index in [1.54, 1.807) is 0 Å². The van der Waals surface area contributed by atoms with E-state index in [0.717, 1.165) is 32.7 Å². The van der Waals surface area contributed by atoms with E-state index in [4.69, 9.17) is 15.3 Å². The molecule has 15 heavy (non-hydrogen) atoms. The molecule has 0 aromatic rings. The largest absolute Gasteiger partial charge is 0.381 e. The molecule has 3 N–H and O–H groups in total. The minimum Gasteiger partial charge on any atom is -0.381 e. The third-order valence-corrected chi connectivity index (χ3v) is 3.77. The molecule has 2 aliphatic heterocycles. The summed E-state index contributed by atoms with van der Waals surface area (Å²) in [5.41, 5.74) is 2.84. The molecule has 0 spiro atoms. The third-order valence-electron chi connectivity index (χ3n) is 3.77. The first kappa shape index (κ1) is 11.3. The van der Waals surface area contributed by atoms with Gasteiger partial charge in [-0.25, -0.2) is 0 Å². The smallest absolute Gasteiger partial charge is 0.0823 e. The van der Waals surface area contributed by atoms with Crippen LogP contribution < -0.4 is 11.3 Å². The maximum absolute atomic E-state index is 5.93. The van der Waals surface area contributed by atoms with Crippen molar-refractivity contribution < 1.29 is 9.47 Å². The normalized spacial score (nSPS) is 39.2. The summed E-state index contributed by atoms with van der Waals surface area (Å²) < 4.78 is 11.4. The second-order valence-electron chi connectivity index (χ2n) is 4.89. The van der Waals surface area contributed by atoms with Crippen molar-refractivity contribution in [3.05, 3.63) is 0 Å². The van der Waals surface area contributed by atoms with Crippen molar-refractivity contribution in [2.24, 2.45) is 11.8 Å². The Morgan fingerprint density at radius 1 is 1.40 bits per heavy atom. The fourth-order valence-electron chi connectivity index (χ4n) is 2.83. The van der Waals surface area contributed by atoms with Crippen molar-refractivity contribution in [2.45, 2.75) is 44.2 Å². The van der Waals surface area contributed by atoms with Gasteiger partial charge in [0.2, 0.25) is 0 Å². The molecule has 2 aliphatic rings. The fourth-order valence-corrected chi connectivity index (χ4v) is 2.83. The Hall–Kier alpha value is -0.160. The molecule has 0 saturated carbocycles. The van der Waals surface area contributed by atoms with Crippen LogP contribution in [0.15, 0.2) is 0 Å². The predicted octanol–water partition coefficient (Wildman–Crippen LogP) is 0.814. The standard InChI is InChI=1S/C11H22N2O2/c1-11(5-2-3-6-15-11)10(13-12)9-4-7-14-8-9/h9-10,13H,2-8,12H2,1H3. The molecular formula is C11H22N2O2. The van der Waals surface area contributed by atoms with Crippen molar-refractivity contribution in [1.29, 1.82) is 0 Å². The molecule has 2 rings (SSSR count). The van der Waals surface area contributed by atoms with Crippen molar-refractivity contribution in [3.63, 3.8) is 0 Å². The van der Waals surface area contributed by atoms with E-state index in [-0.39, 0.29) is 11.6 Å². The molecule has 88 valence electrons. The Bertz CT molecular complexity index is 199. The summed E-state index contributed by atoms with van der Waals surface area (Å²) in [6, 6.07) is 0.222. The Morgan fingerprint density at radius 3 is 2.80 bits per heavy atom. The molecule has 2 saturated heterocycles. The Labute approximate surface area is 91.5 Å². The highest BCUT2D eigenvalue weighted by Crippen LogP contribution is 2.33. The van der Waals surface area contributed by atoms with Crippen LogP contribution in [0.4, 0.5) is 0 Å².